The molecule has 1 heterocycles. The van der Waals surface area contributed by atoms with Crippen molar-refractivity contribution in [2.24, 2.45) is 17.8 Å². The molecule has 4 bridgehead atoms. The molecule has 1 aromatic carbocycles. The van der Waals surface area contributed by atoms with E-state index in [1.54, 1.807) is 24.3 Å². The summed E-state index contributed by atoms with van der Waals surface area (Å²) in [5.41, 5.74) is 0.629. The third kappa shape index (κ3) is 4.21. The van der Waals surface area contributed by atoms with Crippen molar-refractivity contribution in [1.82, 2.24) is 20.8 Å². The molecule has 158 valence electrons. The minimum Gasteiger partial charge on any atom is -0.411 e. The number of urea groups is 1. The van der Waals surface area contributed by atoms with E-state index in [1.807, 2.05) is 0 Å². The van der Waals surface area contributed by atoms with E-state index >= 15 is 0 Å². The Balaban J connectivity index is 1.12. The molecular formula is C21H23ClN4O3S. The summed E-state index contributed by atoms with van der Waals surface area (Å²) >= 11 is 6.98. The van der Waals surface area contributed by atoms with Gasteiger partial charge < -0.3 is 9.73 Å². The van der Waals surface area contributed by atoms with Crippen molar-refractivity contribution in [3.05, 3.63) is 29.3 Å². The summed E-state index contributed by atoms with van der Waals surface area (Å²) in [6, 6.07) is 6.65. The van der Waals surface area contributed by atoms with E-state index < -0.39 is 6.03 Å². The second-order valence-corrected chi connectivity index (χ2v) is 10.2. The molecule has 9 heteroatoms. The van der Waals surface area contributed by atoms with Crippen LogP contribution >= 0.6 is 23.4 Å². The highest BCUT2D eigenvalue weighted by Gasteiger charge is 2.51. The number of nitrogens with one attached hydrogen (secondary N) is 2. The molecular weight excluding hydrogens is 424 g/mol. The zero-order valence-corrected chi connectivity index (χ0v) is 18.0. The maximum atomic E-state index is 12.5. The van der Waals surface area contributed by atoms with E-state index in [0.717, 1.165) is 54.3 Å². The number of aromatic nitrogens is 2. The first kappa shape index (κ1) is 19.9. The Morgan fingerprint density at radius 3 is 2.33 bits per heavy atom. The van der Waals surface area contributed by atoms with Crippen LogP contribution in [0.15, 0.2) is 33.9 Å². The minimum absolute atomic E-state index is 0.0244. The molecule has 6 rings (SSSR count). The third-order valence-corrected chi connectivity index (χ3v) is 7.56. The summed E-state index contributed by atoms with van der Waals surface area (Å²) in [4.78, 5) is 24.7. The SMILES string of the molecule is O=C(CSc1nnc(-c2ccc(Cl)cc2)o1)NC(=O)NC12CC3CC(CC(C3)C1)C2. The smallest absolute Gasteiger partial charge is 0.321 e. The van der Waals surface area contributed by atoms with Crippen molar-refractivity contribution in [3.8, 4) is 11.5 Å². The van der Waals surface area contributed by atoms with Gasteiger partial charge in [0.15, 0.2) is 0 Å². The number of benzene rings is 1. The lowest BCUT2D eigenvalue weighted by Gasteiger charge is -2.56. The maximum absolute atomic E-state index is 12.5. The van der Waals surface area contributed by atoms with Crippen LogP contribution in [0.3, 0.4) is 0 Å². The van der Waals surface area contributed by atoms with Crippen molar-refractivity contribution >= 4 is 35.3 Å². The minimum atomic E-state index is -0.394. The van der Waals surface area contributed by atoms with Crippen LogP contribution in [0, 0.1) is 17.8 Å². The fourth-order valence-electron chi connectivity index (χ4n) is 5.80. The first-order valence-electron chi connectivity index (χ1n) is 10.3. The van der Waals surface area contributed by atoms with Crippen LogP contribution in [0.5, 0.6) is 0 Å². The van der Waals surface area contributed by atoms with Crippen molar-refractivity contribution in [2.45, 2.75) is 49.3 Å². The quantitative estimate of drug-likeness (QED) is 0.665. The molecule has 0 radical (unpaired) electrons. The Kier molecular flexibility index (Phi) is 5.23. The Morgan fingerprint density at radius 1 is 1.07 bits per heavy atom. The van der Waals surface area contributed by atoms with Crippen molar-refractivity contribution in [2.75, 3.05) is 5.75 Å². The normalized spacial score (nSPS) is 29.0. The molecule has 4 saturated carbocycles. The standard InChI is InChI=1S/C21H23ClN4O3S/c22-16-3-1-15(2-4-16)18-25-26-20(29-18)30-11-17(27)23-19(28)24-21-8-12-5-13(9-21)7-14(6-12)10-21/h1-4,12-14H,5-11H2,(H2,23,24,27,28). The molecule has 0 unspecified atom stereocenters. The number of hydrogen-bond acceptors (Lipinski definition) is 6. The van der Waals surface area contributed by atoms with Crippen LogP contribution in [-0.4, -0.2) is 33.4 Å². The second kappa shape index (κ2) is 7.89. The molecule has 7 nitrogen and oxygen atoms in total. The average Bonchev–Trinajstić information content (AvgIpc) is 3.14. The predicted molar refractivity (Wildman–Crippen MR) is 113 cm³/mol. The van der Waals surface area contributed by atoms with Crippen LogP contribution in [-0.2, 0) is 4.79 Å². The van der Waals surface area contributed by atoms with Crippen molar-refractivity contribution < 1.29 is 14.0 Å². The molecule has 0 saturated heterocycles. The number of carbonyl (C=O) groups is 2. The number of rotatable bonds is 5. The first-order valence-corrected chi connectivity index (χ1v) is 11.7. The Hall–Kier alpha value is -2.06. The van der Waals surface area contributed by atoms with E-state index in [9.17, 15) is 9.59 Å². The fourth-order valence-corrected chi connectivity index (χ4v) is 6.49. The lowest BCUT2D eigenvalue weighted by molar-refractivity contribution is -0.117. The molecule has 4 aliphatic rings. The molecule has 3 amide bonds. The molecule has 2 aromatic rings. The van der Waals surface area contributed by atoms with Gasteiger partial charge in [-0.15, -0.1) is 10.2 Å². The summed E-state index contributed by atoms with van der Waals surface area (Å²) in [5.74, 6) is 2.19. The van der Waals surface area contributed by atoms with Crippen molar-refractivity contribution in [1.29, 1.82) is 0 Å². The van der Waals surface area contributed by atoms with Crippen LogP contribution in [0.1, 0.15) is 38.5 Å². The number of thioether (sulfide) groups is 1. The number of hydrogen-bond donors (Lipinski definition) is 2. The molecule has 1 aromatic heterocycles. The van der Waals surface area contributed by atoms with E-state index in [1.165, 1.54) is 19.3 Å². The van der Waals surface area contributed by atoms with E-state index in [-0.39, 0.29) is 22.4 Å². The van der Waals surface area contributed by atoms with Crippen LogP contribution in [0.4, 0.5) is 4.79 Å². The first-order chi connectivity index (χ1) is 14.5. The Bertz CT molecular complexity index is 926. The lowest BCUT2D eigenvalue weighted by atomic mass is 9.53. The monoisotopic (exact) mass is 446 g/mol. The molecule has 4 aliphatic carbocycles. The van der Waals surface area contributed by atoms with Crippen molar-refractivity contribution in [3.63, 3.8) is 0 Å². The highest BCUT2D eigenvalue weighted by Crippen LogP contribution is 2.55. The Labute approximate surface area is 183 Å². The fraction of sp³-hybridized carbons (Fsp3) is 0.524. The highest BCUT2D eigenvalue weighted by atomic mass is 35.5. The number of halogens is 1. The Morgan fingerprint density at radius 2 is 1.70 bits per heavy atom. The maximum Gasteiger partial charge on any atom is 0.321 e. The van der Waals surface area contributed by atoms with Gasteiger partial charge in [-0.2, -0.15) is 0 Å². The van der Waals surface area contributed by atoms with Gasteiger partial charge in [0.05, 0.1) is 5.75 Å². The topological polar surface area (TPSA) is 97.1 Å². The largest absolute Gasteiger partial charge is 0.411 e. The number of carbonyl (C=O) groups excluding carboxylic acids is 2. The summed E-state index contributed by atoms with van der Waals surface area (Å²) in [5, 5.41) is 14.4. The number of imide groups is 1. The summed E-state index contributed by atoms with van der Waals surface area (Å²) < 4.78 is 5.57. The average molecular weight is 447 g/mol. The number of amides is 3. The van der Waals surface area contributed by atoms with Gasteiger partial charge >= 0.3 is 6.03 Å². The summed E-state index contributed by atoms with van der Waals surface area (Å²) in [6.45, 7) is 0. The van der Waals surface area contributed by atoms with Crippen LogP contribution < -0.4 is 10.6 Å². The summed E-state index contributed by atoms with van der Waals surface area (Å²) in [7, 11) is 0. The van der Waals surface area contributed by atoms with Gasteiger partial charge in [0, 0.05) is 16.1 Å². The van der Waals surface area contributed by atoms with Gasteiger partial charge in [0.1, 0.15) is 0 Å². The van der Waals surface area contributed by atoms with E-state index in [0.29, 0.717) is 10.9 Å². The van der Waals surface area contributed by atoms with Crippen LogP contribution in [0.2, 0.25) is 5.02 Å². The predicted octanol–water partition coefficient (Wildman–Crippen LogP) is 4.28. The van der Waals surface area contributed by atoms with Crippen LogP contribution in [0.25, 0.3) is 11.5 Å². The molecule has 2 N–H and O–H groups in total. The number of nitrogens with zero attached hydrogens (tertiary/aromatic N) is 2. The second-order valence-electron chi connectivity index (χ2n) is 8.87. The van der Waals surface area contributed by atoms with E-state index in [4.69, 9.17) is 16.0 Å². The van der Waals surface area contributed by atoms with Gasteiger partial charge in [-0.25, -0.2) is 4.79 Å². The van der Waals surface area contributed by atoms with Gasteiger partial charge in [0.25, 0.3) is 5.22 Å². The zero-order valence-electron chi connectivity index (χ0n) is 16.4. The zero-order chi connectivity index (χ0) is 20.7. The van der Waals surface area contributed by atoms with Gasteiger partial charge in [-0.05, 0) is 80.5 Å². The van der Waals surface area contributed by atoms with Gasteiger partial charge in [-0.3, -0.25) is 10.1 Å². The molecule has 30 heavy (non-hydrogen) atoms. The molecule has 0 aliphatic heterocycles. The lowest BCUT2D eigenvalue weighted by Crippen LogP contribution is -2.61. The van der Waals surface area contributed by atoms with Gasteiger partial charge in [0.2, 0.25) is 11.8 Å². The molecule has 4 fully saturated rings. The van der Waals surface area contributed by atoms with E-state index in [2.05, 4.69) is 20.8 Å². The van der Waals surface area contributed by atoms with Gasteiger partial charge in [-0.1, -0.05) is 23.4 Å². The summed E-state index contributed by atoms with van der Waals surface area (Å²) in [6.07, 6.45) is 7.06. The highest BCUT2D eigenvalue weighted by molar-refractivity contribution is 7.99. The molecule has 0 atom stereocenters. The third-order valence-electron chi connectivity index (χ3n) is 6.49. The molecule has 0 spiro atoms.